The van der Waals surface area contributed by atoms with Crippen molar-refractivity contribution in [3.05, 3.63) is 59.7 Å². The topological polar surface area (TPSA) is 72.8 Å². The molecule has 0 amide bonds. The molecule has 24 heavy (non-hydrogen) atoms. The Kier molecular flexibility index (Phi) is 5.95. The van der Waals surface area contributed by atoms with Crippen LogP contribution in [0.15, 0.2) is 48.5 Å². The number of carbonyl (C=O) groups excluding carboxylic acids is 1. The van der Waals surface area contributed by atoms with Gasteiger partial charge < -0.3 is 14.6 Å². The van der Waals surface area contributed by atoms with Crippen LogP contribution in [-0.2, 0) is 4.79 Å². The first kappa shape index (κ1) is 17.5. The molecule has 0 spiro atoms. The van der Waals surface area contributed by atoms with Crippen molar-refractivity contribution in [2.45, 2.75) is 26.2 Å². The molecular weight excluding hydrogens is 308 g/mol. The van der Waals surface area contributed by atoms with E-state index >= 15 is 0 Å². The number of rotatable bonds is 7. The molecule has 0 saturated heterocycles. The van der Waals surface area contributed by atoms with E-state index < -0.39 is 11.9 Å². The Labute approximate surface area is 140 Å². The highest BCUT2D eigenvalue weighted by Gasteiger charge is 2.12. The molecule has 0 bridgehead atoms. The molecule has 5 nitrogen and oxygen atoms in total. The number of carboxylic acid groups (broad SMARTS) is 1. The van der Waals surface area contributed by atoms with Crippen LogP contribution in [0.4, 0.5) is 0 Å². The number of aromatic carboxylic acids is 1. The van der Waals surface area contributed by atoms with Gasteiger partial charge >= 0.3 is 11.9 Å². The number of benzene rings is 2. The van der Waals surface area contributed by atoms with Crippen molar-refractivity contribution in [2.75, 3.05) is 6.61 Å². The Balaban J connectivity index is 1.95. The SMILES string of the molecule is CCC(C)c1ccccc1OCC(=O)Oc1ccc(C(=O)O)cc1. The van der Waals surface area contributed by atoms with Gasteiger partial charge in [-0.1, -0.05) is 32.0 Å². The molecule has 126 valence electrons. The van der Waals surface area contributed by atoms with Gasteiger partial charge in [-0.2, -0.15) is 0 Å². The lowest BCUT2D eigenvalue weighted by Crippen LogP contribution is -2.18. The number of para-hydroxylation sites is 1. The van der Waals surface area contributed by atoms with Gasteiger partial charge in [-0.05, 0) is 48.2 Å². The summed E-state index contributed by atoms with van der Waals surface area (Å²) >= 11 is 0. The summed E-state index contributed by atoms with van der Waals surface area (Å²) in [6.07, 6.45) is 0.973. The van der Waals surface area contributed by atoms with E-state index in [9.17, 15) is 9.59 Å². The van der Waals surface area contributed by atoms with E-state index in [0.717, 1.165) is 12.0 Å². The van der Waals surface area contributed by atoms with E-state index in [-0.39, 0.29) is 17.9 Å². The molecule has 0 heterocycles. The number of carboxylic acids is 1. The molecule has 1 atom stereocenters. The number of esters is 1. The molecule has 5 heteroatoms. The maximum atomic E-state index is 11.9. The zero-order valence-corrected chi connectivity index (χ0v) is 13.7. The summed E-state index contributed by atoms with van der Waals surface area (Å²) in [6.45, 7) is 3.98. The molecular formula is C19H20O5. The first-order valence-corrected chi connectivity index (χ1v) is 7.77. The molecule has 2 aromatic carbocycles. The molecule has 2 aromatic rings. The lowest BCUT2D eigenvalue weighted by Gasteiger charge is -2.15. The summed E-state index contributed by atoms with van der Waals surface area (Å²) < 4.78 is 10.7. The van der Waals surface area contributed by atoms with Gasteiger partial charge in [0.05, 0.1) is 5.56 Å². The van der Waals surface area contributed by atoms with Crippen molar-refractivity contribution in [3.8, 4) is 11.5 Å². The molecule has 1 unspecified atom stereocenters. The second kappa shape index (κ2) is 8.15. The summed E-state index contributed by atoms with van der Waals surface area (Å²) in [5.41, 5.74) is 1.19. The Morgan fingerprint density at radius 1 is 1.08 bits per heavy atom. The standard InChI is InChI=1S/C19H20O5/c1-3-13(2)16-6-4-5-7-17(16)23-12-18(20)24-15-10-8-14(9-11-15)19(21)22/h4-11,13H,3,12H2,1-2H3,(H,21,22). The molecule has 1 N–H and O–H groups in total. The van der Waals surface area contributed by atoms with Crippen LogP contribution in [0.3, 0.4) is 0 Å². The summed E-state index contributed by atoms with van der Waals surface area (Å²) in [5, 5.41) is 8.83. The van der Waals surface area contributed by atoms with Gasteiger partial charge in [-0.15, -0.1) is 0 Å². The fourth-order valence-electron chi connectivity index (χ4n) is 2.20. The van der Waals surface area contributed by atoms with E-state index in [4.69, 9.17) is 14.6 Å². The maximum absolute atomic E-state index is 11.9. The Bertz CT molecular complexity index is 706. The van der Waals surface area contributed by atoms with E-state index in [1.807, 2.05) is 24.3 Å². The molecule has 0 aliphatic carbocycles. The van der Waals surface area contributed by atoms with Crippen molar-refractivity contribution < 1.29 is 24.2 Å². The maximum Gasteiger partial charge on any atom is 0.349 e. The van der Waals surface area contributed by atoms with E-state index in [1.165, 1.54) is 24.3 Å². The van der Waals surface area contributed by atoms with Gasteiger partial charge in [-0.3, -0.25) is 0 Å². The van der Waals surface area contributed by atoms with Crippen LogP contribution >= 0.6 is 0 Å². The van der Waals surface area contributed by atoms with Gasteiger partial charge in [-0.25, -0.2) is 9.59 Å². The number of carbonyl (C=O) groups is 2. The van der Waals surface area contributed by atoms with Gasteiger partial charge in [0, 0.05) is 0 Å². The van der Waals surface area contributed by atoms with Crippen LogP contribution in [0.5, 0.6) is 11.5 Å². The molecule has 0 fully saturated rings. The minimum Gasteiger partial charge on any atom is -0.482 e. The Morgan fingerprint density at radius 3 is 2.38 bits per heavy atom. The van der Waals surface area contributed by atoms with Crippen LogP contribution in [0.25, 0.3) is 0 Å². The van der Waals surface area contributed by atoms with Crippen molar-refractivity contribution in [1.82, 2.24) is 0 Å². The molecule has 2 rings (SSSR count). The molecule has 0 aliphatic rings. The largest absolute Gasteiger partial charge is 0.482 e. The lowest BCUT2D eigenvalue weighted by atomic mass is 9.98. The number of ether oxygens (including phenoxy) is 2. The minimum absolute atomic E-state index is 0.133. The highest BCUT2D eigenvalue weighted by molar-refractivity contribution is 5.87. The fourth-order valence-corrected chi connectivity index (χ4v) is 2.20. The van der Waals surface area contributed by atoms with Gasteiger partial charge in [0.1, 0.15) is 11.5 Å². The lowest BCUT2D eigenvalue weighted by molar-refractivity contribution is -0.136. The summed E-state index contributed by atoms with van der Waals surface area (Å²) in [5.74, 6) is -0.287. The third-order valence-electron chi connectivity index (χ3n) is 3.74. The second-order valence-electron chi connectivity index (χ2n) is 5.44. The summed E-state index contributed by atoms with van der Waals surface area (Å²) in [6, 6.07) is 13.3. The first-order chi connectivity index (χ1) is 11.5. The molecule has 0 aromatic heterocycles. The van der Waals surface area contributed by atoms with Crippen LogP contribution < -0.4 is 9.47 Å². The van der Waals surface area contributed by atoms with Crippen molar-refractivity contribution >= 4 is 11.9 Å². The monoisotopic (exact) mass is 328 g/mol. The molecule has 0 aliphatic heterocycles. The van der Waals surface area contributed by atoms with Crippen LogP contribution in [0.2, 0.25) is 0 Å². The van der Waals surface area contributed by atoms with Gasteiger partial charge in [0.15, 0.2) is 6.61 Å². The first-order valence-electron chi connectivity index (χ1n) is 7.77. The minimum atomic E-state index is -1.03. The number of hydrogen-bond acceptors (Lipinski definition) is 4. The van der Waals surface area contributed by atoms with Crippen molar-refractivity contribution in [2.24, 2.45) is 0 Å². The van der Waals surface area contributed by atoms with Gasteiger partial charge in [0.2, 0.25) is 0 Å². The Hall–Kier alpha value is -2.82. The third kappa shape index (κ3) is 4.59. The zero-order chi connectivity index (χ0) is 17.5. The summed E-state index contributed by atoms with van der Waals surface area (Å²) in [7, 11) is 0. The van der Waals surface area contributed by atoms with Gasteiger partial charge in [0.25, 0.3) is 0 Å². The second-order valence-corrected chi connectivity index (χ2v) is 5.44. The summed E-state index contributed by atoms with van der Waals surface area (Å²) in [4.78, 5) is 22.7. The normalized spacial score (nSPS) is 11.6. The quantitative estimate of drug-likeness (QED) is 0.617. The van der Waals surface area contributed by atoms with Crippen molar-refractivity contribution in [3.63, 3.8) is 0 Å². The predicted octanol–water partition coefficient (Wildman–Crippen LogP) is 3.88. The zero-order valence-electron chi connectivity index (χ0n) is 13.7. The number of hydrogen-bond donors (Lipinski definition) is 1. The van der Waals surface area contributed by atoms with Crippen LogP contribution in [0.1, 0.15) is 42.1 Å². The van der Waals surface area contributed by atoms with E-state index in [1.54, 1.807) is 0 Å². The predicted molar refractivity (Wildman–Crippen MR) is 89.7 cm³/mol. The highest BCUT2D eigenvalue weighted by Crippen LogP contribution is 2.28. The smallest absolute Gasteiger partial charge is 0.349 e. The average molecular weight is 328 g/mol. The van der Waals surface area contributed by atoms with Crippen LogP contribution in [-0.4, -0.2) is 23.7 Å². The molecule has 0 saturated carbocycles. The Morgan fingerprint density at radius 2 is 1.75 bits per heavy atom. The van der Waals surface area contributed by atoms with E-state index in [0.29, 0.717) is 11.7 Å². The average Bonchev–Trinajstić information content (AvgIpc) is 2.60. The molecule has 0 radical (unpaired) electrons. The van der Waals surface area contributed by atoms with Crippen molar-refractivity contribution in [1.29, 1.82) is 0 Å². The highest BCUT2D eigenvalue weighted by atomic mass is 16.6. The van der Waals surface area contributed by atoms with E-state index in [2.05, 4.69) is 13.8 Å². The third-order valence-corrected chi connectivity index (χ3v) is 3.74. The van der Waals surface area contributed by atoms with Crippen LogP contribution in [0, 0.1) is 0 Å². The fraction of sp³-hybridized carbons (Fsp3) is 0.263.